The van der Waals surface area contributed by atoms with E-state index in [0.717, 1.165) is 70.6 Å². The highest BCUT2D eigenvalue weighted by atomic mass is 16.7. The summed E-state index contributed by atoms with van der Waals surface area (Å²) in [6.45, 7) is 5.57. The van der Waals surface area contributed by atoms with Crippen LogP contribution in [0.15, 0.2) is 97.2 Å². The Kier molecular flexibility index (Phi) is 44.0. The van der Waals surface area contributed by atoms with Gasteiger partial charge in [0.15, 0.2) is 12.4 Å². The molecule has 1 aliphatic rings. The molecule has 1 heterocycles. The molecule has 11 heteroatoms. The Morgan fingerprint density at radius 2 is 1.03 bits per heavy atom. The lowest BCUT2D eigenvalue weighted by molar-refractivity contribution is -0.305. The summed E-state index contributed by atoms with van der Waals surface area (Å²) in [6, 6.07) is -1.05. The van der Waals surface area contributed by atoms with E-state index >= 15 is 0 Å². The number of amides is 1. The fourth-order valence-electron chi connectivity index (χ4n) is 8.15. The molecule has 1 saturated heterocycles. The monoisotopic (exact) mass is 996 g/mol. The van der Waals surface area contributed by atoms with Gasteiger partial charge in [0.1, 0.15) is 24.4 Å². The van der Waals surface area contributed by atoms with E-state index in [1.165, 1.54) is 89.9 Å². The minimum absolute atomic E-state index is 0.0928. The summed E-state index contributed by atoms with van der Waals surface area (Å²) in [7, 11) is 0. The highest BCUT2D eigenvalue weighted by Gasteiger charge is 2.47. The average Bonchev–Trinajstić information content (AvgIpc) is 3.37. The van der Waals surface area contributed by atoms with Crippen molar-refractivity contribution in [2.24, 2.45) is 0 Å². The molecule has 0 aromatic heterocycles. The zero-order chi connectivity index (χ0) is 51.8. The van der Waals surface area contributed by atoms with Crippen LogP contribution in [0.3, 0.4) is 0 Å². The largest absolute Gasteiger partial charge is 0.454 e. The highest BCUT2D eigenvalue weighted by molar-refractivity contribution is 5.80. The SMILES string of the molecule is CC\C=C/C=C/C=C/C=C\C=C\C=C\CCCCC(O)C(=O)NC(COC1OC(CO)C(O)C(O)C1OC(=O)CCCCC/C=C\CCCCCCCCC)C(O)/C=C/CCCCCCCCCCCC. The lowest BCUT2D eigenvalue weighted by Crippen LogP contribution is -2.61. The first-order valence-corrected chi connectivity index (χ1v) is 28.1. The van der Waals surface area contributed by atoms with Crippen molar-refractivity contribution < 1.29 is 49.3 Å². The van der Waals surface area contributed by atoms with Gasteiger partial charge in [-0.3, -0.25) is 9.59 Å². The average molecular weight is 996 g/mol. The maximum atomic E-state index is 13.3. The number of esters is 1. The van der Waals surface area contributed by atoms with E-state index in [9.17, 15) is 35.1 Å². The van der Waals surface area contributed by atoms with E-state index in [0.29, 0.717) is 12.8 Å². The van der Waals surface area contributed by atoms with Crippen LogP contribution in [0.4, 0.5) is 0 Å². The first-order valence-electron chi connectivity index (χ1n) is 28.1. The van der Waals surface area contributed by atoms with Crippen molar-refractivity contribution >= 4 is 11.9 Å². The summed E-state index contributed by atoms with van der Waals surface area (Å²) in [5.41, 5.74) is 0. The van der Waals surface area contributed by atoms with Gasteiger partial charge in [-0.25, -0.2) is 0 Å². The predicted octanol–water partition coefficient (Wildman–Crippen LogP) is 12.4. The van der Waals surface area contributed by atoms with E-state index in [4.69, 9.17) is 14.2 Å². The minimum atomic E-state index is -1.63. The van der Waals surface area contributed by atoms with Gasteiger partial charge in [-0.15, -0.1) is 0 Å². The number of aliphatic hydroxyl groups is 5. The molecule has 71 heavy (non-hydrogen) atoms. The molecule has 1 fully saturated rings. The Morgan fingerprint density at radius 1 is 0.563 bits per heavy atom. The third-order valence-corrected chi connectivity index (χ3v) is 12.6. The third kappa shape index (κ3) is 36.2. The van der Waals surface area contributed by atoms with Crippen molar-refractivity contribution in [1.29, 1.82) is 0 Å². The number of hydrogen-bond acceptors (Lipinski definition) is 10. The first-order chi connectivity index (χ1) is 34.7. The zero-order valence-electron chi connectivity index (χ0n) is 44.6. The van der Waals surface area contributed by atoms with E-state index in [1.807, 2.05) is 72.9 Å². The van der Waals surface area contributed by atoms with E-state index in [-0.39, 0.29) is 19.4 Å². The number of nitrogens with one attached hydrogen (secondary N) is 1. The van der Waals surface area contributed by atoms with Crippen molar-refractivity contribution in [1.82, 2.24) is 5.32 Å². The number of carbonyl (C=O) groups is 2. The number of aliphatic hydroxyl groups excluding tert-OH is 5. The molecular weight excluding hydrogens is 895 g/mol. The lowest BCUT2D eigenvalue weighted by Gasteiger charge is -2.41. The number of carbonyl (C=O) groups excluding carboxylic acids is 2. The van der Waals surface area contributed by atoms with Crippen molar-refractivity contribution in [2.45, 2.75) is 256 Å². The first kappa shape index (κ1) is 65.6. The van der Waals surface area contributed by atoms with Crippen LogP contribution in [0.25, 0.3) is 0 Å². The summed E-state index contributed by atoms with van der Waals surface area (Å²) in [5.74, 6) is -1.27. The molecule has 1 aliphatic heterocycles. The van der Waals surface area contributed by atoms with Crippen LogP contribution in [0, 0.1) is 0 Å². The molecule has 11 nitrogen and oxygen atoms in total. The molecule has 0 bridgehead atoms. The topological polar surface area (TPSA) is 175 Å². The van der Waals surface area contributed by atoms with Gasteiger partial charge in [-0.1, -0.05) is 227 Å². The van der Waals surface area contributed by atoms with Gasteiger partial charge in [0.25, 0.3) is 0 Å². The second kappa shape index (κ2) is 47.6. The summed E-state index contributed by atoms with van der Waals surface area (Å²) in [5, 5.41) is 56.7. The molecule has 6 N–H and O–H groups in total. The summed E-state index contributed by atoms with van der Waals surface area (Å²) in [6.07, 6.45) is 51.6. The molecule has 0 saturated carbocycles. The molecule has 8 unspecified atom stereocenters. The van der Waals surface area contributed by atoms with Crippen molar-refractivity contribution in [3.63, 3.8) is 0 Å². The fourth-order valence-corrected chi connectivity index (χ4v) is 8.15. The molecule has 0 aromatic rings. The van der Waals surface area contributed by atoms with Crippen LogP contribution in [-0.4, -0.2) is 99.6 Å². The third-order valence-electron chi connectivity index (χ3n) is 12.6. The number of hydrogen-bond donors (Lipinski definition) is 6. The molecule has 1 amide bonds. The summed E-state index contributed by atoms with van der Waals surface area (Å²) < 4.78 is 17.5. The molecule has 0 radical (unpaired) electrons. The van der Waals surface area contributed by atoms with Gasteiger partial charge in [0.2, 0.25) is 5.91 Å². The van der Waals surface area contributed by atoms with E-state index in [1.54, 1.807) is 6.08 Å². The molecule has 8 atom stereocenters. The maximum absolute atomic E-state index is 13.3. The van der Waals surface area contributed by atoms with Crippen LogP contribution in [0.5, 0.6) is 0 Å². The predicted molar refractivity (Wildman–Crippen MR) is 292 cm³/mol. The van der Waals surface area contributed by atoms with Crippen LogP contribution in [-0.2, 0) is 23.8 Å². The fraction of sp³-hybridized carbons (Fsp3) is 0.700. The lowest BCUT2D eigenvalue weighted by atomic mass is 9.99. The van der Waals surface area contributed by atoms with Crippen molar-refractivity contribution in [2.75, 3.05) is 13.2 Å². The number of unbranched alkanes of at least 4 members (excludes halogenated alkanes) is 22. The Labute approximate surface area is 431 Å². The smallest absolute Gasteiger partial charge is 0.306 e. The molecule has 406 valence electrons. The quantitative estimate of drug-likeness (QED) is 0.0149. The summed E-state index contributed by atoms with van der Waals surface area (Å²) >= 11 is 0. The van der Waals surface area contributed by atoms with Crippen LogP contribution in [0.2, 0.25) is 0 Å². The molecular formula is C60H101NO10. The van der Waals surface area contributed by atoms with E-state index in [2.05, 4.69) is 44.3 Å². The van der Waals surface area contributed by atoms with Crippen LogP contribution < -0.4 is 5.32 Å². The molecule has 0 aliphatic carbocycles. The van der Waals surface area contributed by atoms with Gasteiger partial charge in [-0.05, 0) is 70.6 Å². The molecule has 0 spiro atoms. The standard InChI is InChI=1S/C60H101NO10/c1-4-7-10-13-16-19-22-25-27-28-29-32-35-38-41-44-47-53(64)59(68)61-51(52(63)46-43-40-37-34-31-24-21-18-15-12-9-6-3)50-69-60-58(57(67)56(66)54(49-62)70-60)71-55(65)48-45-42-39-36-33-30-26-23-20-17-14-11-8-5-2/h7,10,13,16,19,22,25,27-30,32-33,35,43,46,51-54,56-58,60,62-64,66-67H,4-6,8-9,11-12,14-15,17-18,20-21,23-24,26,31,34,36-42,44-45,47-50H2,1-3H3,(H,61,68)/b10-7-,16-13+,22-19+,27-25-,29-28+,33-30-,35-32+,46-43+. The van der Waals surface area contributed by atoms with Crippen LogP contribution >= 0.6 is 0 Å². The zero-order valence-corrected chi connectivity index (χ0v) is 44.6. The highest BCUT2D eigenvalue weighted by Crippen LogP contribution is 2.26. The van der Waals surface area contributed by atoms with Crippen molar-refractivity contribution in [3.05, 3.63) is 97.2 Å². The van der Waals surface area contributed by atoms with Gasteiger partial charge in [0, 0.05) is 6.42 Å². The normalized spacial score (nSPS) is 20.4. The molecule has 0 aromatic carbocycles. The number of ether oxygens (including phenoxy) is 3. The Bertz CT molecular complexity index is 1520. The Balaban J connectivity index is 2.81. The Morgan fingerprint density at radius 3 is 1.56 bits per heavy atom. The van der Waals surface area contributed by atoms with Gasteiger partial charge in [0.05, 0.1) is 25.4 Å². The van der Waals surface area contributed by atoms with Crippen molar-refractivity contribution in [3.8, 4) is 0 Å². The van der Waals surface area contributed by atoms with Gasteiger partial charge < -0.3 is 45.1 Å². The van der Waals surface area contributed by atoms with Gasteiger partial charge >= 0.3 is 5.97 Å². The number of allylic oxidation sites excluding steroid dienone is 15. The maximum Gasteiger partial charge on any atom is 0.306 e. The minimum Gasteiger partial charge on any atom is -0.454 e. The second-order valence-electron chi connectivity index (χ2n) is 19.1. The van der Waals surface area contributed by atoms with Gasteiger partial charge in [-0.2, -0.15) is 0 Å². The second-order valence-corrected chi connectivity index (χ2v) is 19.1. The Hall–Kier alpha value is -3.42. The van der Waals surface area contributed by atoms with E-state index < -0.39 is 67.4 Å². The summed E-state index contributed by atoms with van der Waals surface area (Å²) in [4.78, 5) is 26.4. The van der Waals surface area contributed by atoms with Crippen LogP contribution in [0.1, 0.15) is 207 Å². The number of rotatable bonds is 45. The molecule has 1 rings (SSSR count).